The summed E-state index contributed by atoms with van der Waals surface area (Å²) < 4.78 is 5.41. The second-order valence-corrected chi connectivity index (χ2v) is 6.17. The highest BCUT2D eigenvalue weighted by molar-refractivity contribution is 6.58. The first-order chi connectivity index (χ1) is 9.19. The van der Waals surface area contributed by atoms with E-state index in [1.165, 1.54) is 0 Å². The highest BCUT2D eigenvalue weighted by Gasteiger charge is 2.34. The van der Waals surface area contributed by atoms with Gasteiger partial charge >= 0.3 is 13.2 Å². The van der Waals surface area contributed by atoms with Crippen LogP contribution < -0.4 is 10.4 Å². The molecule has 6 heteroatoms. The SMILES string of the molecule is C[C@@H]1Cc2cc(B(O)O)ccc2N1C(=O)OC(C)(C)C. The molecule has 0 saturated carbocycles. The number of nitrogens with zero attached hydrogens (tertiary/aromatic N) is 1. The first-order valence-electron chi connectivity index (χ1n) is 6.70. The van der Waals surface area contributed by atoms with Crippen LogP contribution >= 0.6 is 0 Å². The molecule has 0 fully saturated rings. The first kappa shape index (κ1) is 14.9. The van der Waals surface area contributed by atoms with Gasteiger partial charge in [0.1, 0.15) is 5.60 Å². The molecule has 1 aromatic rings. The summed E-state index contributed by atoms with van der Waals surface area (Å²) >= 11 is 0. The van der Waals surface area contributed by atoms with Gasteiger partial charge in [0.25, 0.3) is 0 Å². The lowest BCUT2D eigenvalue weighted by Gasteiger charge is -2.27. The normalized spacial score (nSPS) is 17.9. The number of ether oxygens (including phenoxy) is 1. The zero-order valence-electron chi connectivity index (χ0n) is 12.3. The van der Waals surface area contributed by atoms with Crippen LogP contribution in [0.3, 0.4) is 0 Å². The topological polar surface area (TPSA) is 70.0 Å². The fourth-order valence-corrected chi connectivity index (χ4v) is 2.40. The van der Waals surface area contributed by atoms with Crippen LogP contribution in [0.15, 0.2) is 18.2 Å². The Kier molecular flexibility index (Phi) is 3.80. The van der Waals surface area contributed by atoms with E-state index in [2.05, 4.69) is 0 Å². The average Bonchev–Trinajstić information content (AvgIpc) is 2.61. The highest BCUT2D eigenvalue weighted by atomic mass is 16.6. The van der Waals surface area contributed by atoms with Gasteiger partial charge in [0.15, 0.2) is 0 Å². The summed E-state index contributed by atoms with van der Waals surface area (Å²) in [5.41, 5.74) is 1.59. The molecule has 1 atom stereocenters. The number of benzene rings is 1. The van der Waals surface area contributed by atoms with Gasteiger partial charge in [-0.1, -0.05) is 12.1 Å². The second kappa shape index (κ2) is 5.11. The molecule has 1 amide bonds. The van der Waals surface area contributed by atoms with Crippen LogP contribution in [0, 0.1) is 0 Å². The van der Waals surface area contributed by atoms with Gasteiger partial charge in [0.05, 0.1) is 5.69 Å². The second-order valence-electron chi connectivity index (χ2n) is 6.17. The van der Waals surface area contributed by atoms with Crippen LogP contribution in [0.4, 0.5) is 10.5 Å². The number of hydrogen-bond donors (Lipinski definition) is 2. The quantitative estimate of drug-likeness (QED) is 0.753. The summed E-state index contributed by atoms with van der Waals surface area (Å²) in [6.45, 7) is 7.44. The molecule has 1 aromatic carbocycles. The molecule has 0 radical (unpaired) electrons. The number of rotatable bonds is 1. The minimum atomic E-state index is -1.49. The Labute approximate surface area is 119 Å². The average molecular weight is 277 g/mol. The molecule has 20 heavy (non-hydrogen) atoms. The predicted octanol–water partition coefficient (Wildman–Crippen LogP) is 1.05. The fourth-order valence-electron chi connectivity index (χ4n) is 2.40. The van der Waals surface area contributed by atoms with Gasteiger partial charge in [0.2, 0.25) is 0 Å². The molecule has 0 aliphatic carbocycles. The third kappa shape index (κ3) is 2.97. The lowest BCUT2D eigenvalue weighted by Crippen LogP contribution is -2.40. The molecular formula is C14H20BNO4. The van der Waals surface area contributed by atoms with Gasteiger partial charge in [-0.3, -0.25) is 4.90 Å². The Hall–Kier alpha value is -1.53. The molecule has 0 bridgehead atoms. The van der Waals surface area contributed by atoms with Crippen molar-refractivity contribution >= 4 is 24.4 Å². The van der Waals surface area contributed by atoms with E-state index in [-0.39, 0.29) is 12.1 Å². The van der Waals surface area contributed by atoms with Gasteiger partial charge in [-0.2, -0.15) is 0 Å². The van der Waals surface area contributed by atoms with Gasteiger partial charge in [-0.15, -0.1) is 0 Å². The summed E-state index contributed by atoms with van der Waals surface area (Å²) in [5.74, 6) is 0. The van der Waals surface area contributed by atoms with Crippen LogP contribution in [-0.2, 0) is 11.2 Å². The van der Waals surface area contributed by atoms with Crippen LogP contribution in [0.25, 0.3) is 0 Å². The van der Waals surface area contributed by atoms with E-state index in [0.717, 1.165) is 11.3 Å². The van der Waals surface area contributed by atoms with Crippen molar-refractivity contribution in [3.8, 4) is 0 Å². The molecule has 2 N–H and O–H groups in total. The van der Waals surface area contributed by atoms with Gasteiger partial charge in [-0.25, -0.2) is 4.79 Å². The van der Waals surface area contributed by atoms with Crippen LogP contribution in [0.1, 0.15) is 33.3 Å². The van der Waals surface area contributed by atoms with Crippen LogP contribution in [0.2, 0.25) is 0 Å². The van der Waals surface area contributed by atoms with Crippen molar-refractivity contribution in [1.82, 2.24) is 0 Å². The molecule has 0 saturated heterocycles. The molecule has 1 heterocycles. The zero-order chi connectivity index (χ0) is 15.1. The molecule has 0 spiro atoms. The summed E-state index contributed by atoms with van der Waals surface area (Å²) in [6.07, 6.45) is 0.302. The summed E-state index contributed by atoms with van der Waals surface area (Å²) in [4.78, 5) is 13.9. The lowest BCUT2D eigenvalue weighted by molar-refractivity contribution is 0.0572. The minimum absolute atomic E-state index is 0.00839. The predicted molar refractivity (Wildman–Crippen MR) is 78.1 cm³/mol. The summed E-state index contributed by atoms with van der Waals surface area (Å²) in [5, 5.41) is 18.4. The zero-order valence-corrected chi connectivity index (χ0v) is 12.3. The van der Waals surface area contributed by atoms with Gasteiger partial charge in [-0.05, 0) is 51.2 Å². The molecule has 0 unspecified atom stereocenters. The number of carbonyl (C=O) groups excluding carboxylic acids is 1. The number of hydrogen-bond acceptors (Lipinski definition) is 4. The van der Waals surface area contributed by atoms with Crippen molar-refractivity contribution in [1.29, 1.82) is 0 Å². The van der Waals surface area contributed by atoms with E-state index in [9.17, 15) is 14.8 Å². The summed E-state index contributed by atoms with van der Waals surface area (Å²) in [6, 6.07) is 5.06. The maximum absolute atomic E-state index is 12.3. The van der Waals surface area contributed by atoms with E-state index in [1.54, 1.807) is 23.1 Å². The van der Waals surface area contributed by atoms with Crippen molar-refractivity contribution in [2.24, 2.45) is 0 Å². The largest absolute Gasteiger partial charge is 0.488 e. The Bertz CT molecular complexity index is 524. The van der Waals surface area contributed by atoms with Crippen molar-refractivity contribution in [3.63, 3.8) is 0 Å². The van der Waals surface area contributed by atoms with E-state index < -0.39 is 12.7 Å². The Morgan fingerprint density at radius 3 is 2.60 bits per heavy atom. The number of amides is 1. The third-order valence-corrected chi connectivity index (χ3v) is 3.21. The summed E-state index contributed by atoms with van der Waals surface area (Å²) in [7, 11) is -1.49. The maximum atomic E-state index is 12.3. The van der Waals surface area contributed by atoms with Crippen molar-refractivity contribution < 1.29 is 19.6 Å². The number of carbonyl (C=O) groups is 1. The van der Waals surface area contributed by atoms with Crippen molar-refractivity contribution in [2.45, 2.75) is 45.8 Å². The number of fused-ring (bicyclic) bond motifs is 1. The van der Waals surface area contributed by atoms with E-state index >= 15 is 0 Å². The van der Waals surface area contributed by atoms with Gasteiger partial charge in [0, 0.05) is 6.04 Å². The third-order valence-electron chi connectivity index (χ3n) is 3.21. The maximum Gasteiger partial charge on any atom is 0.488 e. The molecule has 2 rings (SSSR count). The van der Waals surface area contributed by atoms with E-state index in [0.29, 0.717) is 11.9 Å². The standard InChI is InChI=1S/C14H20BNO4/c1-9-7-10-8-11(15(18)19)5-6-12(10)16(9)13(17)20-14(2,3)4/h5-6,8-9,18-19H,7H2,1-4H3/t9-/m1/s1. The Morgan fingerprint density at radius 1 is 1.40 bits per heavy atom. The number of anilines is 1. The molecule has 1 aliphatic rings. The fraction of sp³-hybridized carbons (Fsp3) is 0.500. The van der Waals surface area contributed by atoms with Crippen molar-refractivity contribution in [2.75, 3.05) is 4.90 Å². The lowest BCUT2D eigenvalue weighted by atomic mass is 9.79. The van der Waals surface area contributed by atoms with Crippen molar-refractivity contribution in [3.05, 3.63) is 23.8 Å². The van der Waals surface area contributed by atoms with Gasteiger partial charge < -0.3 is 14.8 Å². The molecule has 1 aliphatic heterocycles. The minimum Gasteiger partial charge on any atom is -0.443 e. The Morgan fingerprint density at radius 2 is 2.05 bits per heavy atom. The molecule has 108 valence electrons. The molecule has 5 nitrogen and oxygen atoms in total. The van der Waals surface area contributed by atoms with E-state index in [1.807, 2.05) is 27.7 Å². The monoisotopic (exact) mass is 277 g/mol. The smallest absolute Gasteiger partial charge is 0.443 e. The molecular weight excluding hydrogens is 257 g/mol. The van der Waals surface area contributed by atoms with Crippen LogP contribution in [0.5, 0.6) is 0 Å². The highest BCUT2D eigenvalue weighted by Crippen LogP contribution is 2.32. The first-order valence-corrected chi connectivity index (χ1v) is 6.70. The van der Waals surface area contributed by atoms with E-state index in [4.69, 9.17) is 4.74 Å². The van der Waals surface area contributed by atoms with Crippen LogP contribution in [-0.4, -0.2) is 34.9 Å². The molecule has 0 aromatic heterocycles. The Balaban J connectivity index is 2.29.